The van der Waals surface area contributed by atoms with Crippen molar-refractivity contribution in [2.24, 2.45) is 5.92 Å². The smallest absolute Gasteiger partial charge is 0.135 e. The summed E-state index contributed by atoms with van der Waals surface area (Å²) in [5, 5.41) is 13.3. The highest BCUT2D eigenvalue weighted by Crippen LogP contribution is 2.25. The first-order valence-corrected chi connectivity index (χ1v) is 7.57. The number of aromatic nitrogens is 2. The van der Waals surface area contributed by atoms with Crippen molar-refractivity contribution in [1.82, 2.24) is 9.97 Å². The predicted molar refractivity (Wildman–Crippen MR) is 82.3 cm³/mol. The third-order valence-corrected chi connectivity index (χ3v) is 3.85. The fourth-order valence-electron chi connectivity index (χ4n) is 2.40. The zero-order valence-electron chi connectivity index (χ0n) is 12.9. The molecule has 112 valence electrons. The Kier molecular flexibility index (Phi) is 4.81. The average molecular weight is 278 g/mol. The molecule has 2 rings (SSSR count). The summed E-state index contributed by atoms with van der Waals surface area (Å²) in [6, 6.07) is 1.98. The van der Waals surface area contributed by atoms with E-state index in [2.05, 4.69) is 47.9 Å². The zero-order valence-corrected chi connectivity index (χ0v) is 12.9. The Morgan fingerprint density at radius 2 is 2.20 bits per heavy atom. The zero-order chi connectivity index (χ0) is 14.7. The van der Waals surface area contributed by atoms with Crippen LogP contribution >= 0.6 is 0 Å². The summed E-state index contributed by atoms with van der Waals surface area (Å²) < 4.78 is 0. The average Bonchev–Trinajstić information content (AvgIpc) is 2.42. The van der Waals surface area contributed by atoms with E-state index < -0.39 is 0 Å². The molecular weight excluding hydrogens is 252 g/mol. The van der Waals surface area contributed by atoms with Crippen LogP contribution < -0.4 is 10.2 Å². The molecule has 0 saturated carbocycles. The van der Waals surface area contributed by atoms with Crippen molar-refractivity contribution in [3.8, 4) is 0 Å². The summed E-state index contributed by atoms with van der Waals surface area (Å²) in [7, 11) is 0. The number of anilines is 2. The van der Waals surface area contributed by atoms with Crippen molar-refractivity contribution in [2.75, 3.05) is 29.9 Å². The number of aliphatic hydroxyl groups is 1. The summed E-state index contributed by atoms with van der Waals surface area (Å²) in [5.74, 6) is 3.30. The first kappa shape index (κ1) is 15.0. The highest BCUT2D eigenvalue weighted by Gasteiger charge is 2.25. The Hall–Kier alpha value is -1.36. The molecule has 5 nitrogen and oxygen atoms in total. The lowest BCUT2D eigenvalue weighted by molar-refractivity contribution is 0.102. The van der Waals surface area contributed by atoms with E-state index in [4.69, 9.17) is 0 Å². The molecule has 2 N–H and O–H groups in total. The van der Waals surface area contributed by atoms with Crippen LogP contribution in [-0.2, 0) is 0 Å². The van der Waals surface area contributed by atoms with Crippen LogP contribution in [0.5, 0.6) is 0 Å². The van der Waals surface area contributed by atoms with Crippen molar-refractivity contribution < 1.29 is 5.11 Å². The second-order valence-electron chi connectivity index (χ2n) is 5.93. The summed E-state index contributed by atoms with van der Waals surface area (Å²) >= 11 is 0. The van der Waals surface area contributed by atoms with E-state index >= 15 is 0 Å². The molecule has 2 unspecified atom stereocenters. The van der Waals surface area contributed by atoms with Gasteiger partial charge in [0.2, 0.25) is 0 Å². The molecule has 0 aliphatic carbocycles. The van der Waals surface area contributed by atoms with Crippen LogP contribution in [0, 0.1) is 5.92 Å². The van der Waals surface area contributed by atoms with E-state index in [0.717, 1.165) is 37.0 Å². The minimum atomic E-state index is -0.274. The van der Waals surface area contributed by atoms with E-state index in [1.807, 2.05) is 6.07 Å². The number of β-amino-alcohol motifs (C(OH)–C–C–N with tert-alkyl or cyclic N) is 1. The Morgan fingerprint density at radius 1 is 1.45 bits per heavy atom. The normalized spacial score (nSPS) is 23.2. The van der Waals surface area contributed by atoms with E-state index in [9.17, 15) is 5.11 Å². The standard InChI is InChI=1S/C15H26N4O/c1-5-16-13-8-14(18-15(17-13)10(2)3)19-7-6-11(4)12(20)9-19/h8,10-12,20H,5-7,9H2,1-4H3,(H,16,17,18). The molecule has 5 heteroatoms. The number of aliphatic hydroxyl groups excluding tert-OH is 1. The lowest BCUT2D eigenvalue weighted by Crippen LogP contribution is -2.43. The Balaban J connectivity index is 2.25. The Bertz CT molecular complexity index is 449. The molecular formula is C15H26N4O. The second-order valence-corrected chi connectivity index (χ2v) is 5.93. The molecule has 1 fully saturated rings. The summed E-state index contributed by atoms with van der Waals surface area (Å²) in [4.78, 5) is 11.4. The van der Waals surface area contributed by atoms with Crippen molar-refractivity contribution in [3.05, 3.63) is 11.9 Å². The van der Waals surface area contributed by atoms with Crippen molar-refractivity contribution in [1.29, 1.82) is 0 Å². The fourth-order valence-corrected chi connectivity index (χ4v) is 2.40. The Labute approximate surface area is 121 Å². The maximum Gasteiger partial charge on any atom is 0.135 e. The highest BCUT2D eigenvalue weighted by atomic mass is 16.3. The van der Waals surface area contributed by atoms with Gasteiger partial charge in [-0.1, -0.05) is 20.8 Å². The molecule has 20 heavy (non-hydrogen) atoms. The molecule has 2 heterocycles. The summed E-state index contributed by atoms with van der Waals surface area (Å²) in [6.45, 7) is 10.8. The molecule has 1 saturated heterocycles. The minimum absolute atomic E-state index is 0.274. The fraction of sp³-hybridized carbons (Fsp3) is 0.733. The molecule has 1 aliphatic heterocycles. The summed E-state index contributed by atoms with van der Waals surface area (Å²) in [6.07, 6.45) is 0.724. The number of rotatable bonds is 4. The van der Waals surface area contributed by atoms with Gasteiger partial charge in [-0.05, 0) is 19.3 Å². The largest absolute Gasteiger partial charge is 0.391 e. The van der Waals surface area contributed by atoms with Gasteiger partial charge >= 0.3 is 0 Å². The van der Waals surface area contributed by atoms with E-state index in [1.165, 1.54) is 0 Å². The molecule has 1 aromatic rings. The van der Waals surface area contributed by atoms with E-state index in [0.29, 0.717) is 18.4 Å². The van der Waals surface area contributed by atoms with Gasteiger partial charge in [-0.15, -0.1) is 0 Å². The van der Waals surface area contributed by atoms with Gasteiger partial charge in [0.15, 0.2) is 0 Å². The van der Waals surface area contributed by atoms with Gasteiger partial charge in [0.1, 0.15) is 17.5 Å². The predicted octanol–water partition coefficient (Wildman–Crippen LogP) is 2.24. The van der Waals surface area contributed by atoms with E-state index in [1.54, 1.807) is 0 Å². The van der Waals surface area contributed by atoms with Gasteiger partial charge in [0.05, 0.1) is 6.10 Å². The van der Waals surface area contributed by atoms with Crippen LogP contribution in [0.15, 0.2) is 6.07 Å². The second kappa shape index (κ2) is 6.39. The molecule has 2 atom stereocenters. The molecule has 0 spiro atoms. The van der Waals surface area contributed by atoms with Gasteiger partial charge < -0.3 is 15.3 Å². The summed E-state index contributed by atoms with van der Waals surface area (Å²) in [5.41, 5.74) is 0. The van der Waals surface area contributed by atoms with Crippen LogP contribution in [0.4, 0.5) is 11.6 Å². The molecule has 1 aromatic heterocycles. The lowest BCUT2D eigenvalue weighted by Gasteiger charge is -2.35. The molecule has 0 radical (unpaired) electrons. The molecule has 0 amide bonds. The third kappa shape index (κ3) is 3.39. The van der Waals surface area contributed by atoms with E-state index in [-0.39, 0.29) is 6.10 Å². The third-order valence-electron chi connectivity index (χ3n) is 3.85. The SMILES string of the molecule is CCNc1cc(N2CCC(C)C(O)C2)nc(C(C)C)n1. The van der Waals surface area contributed by atoms with Crippen LogP contribution in [0.1, 0.15) is 45.9 Å². The van der Waals surface area contributed by atoms with Crippen molar-refractivity contribution in [2.45, 2.75) is 46.1 Å². The van der Waals surface area contributed by atoms with Gasteiger partial charge in [0.25, 0.3) is 0 Å². The maximum absolute atomic E-state index is 10.1. The minimum Gasteiger partial charge on any atom is -0.391 e. The first-order chi connectivity index (χ1) is 9.51. The van der Waals surface area contributed by atoms with Crippen LogP contribution in [0.2, 0.25) is 0 Å². The number of hydrogen-bond donors (Lipinski definition) is 2. The van der Waals surface area contributed by atoms with Gasteiger partial charge in [0, 0.05) is 31.6 Å². The van der Waals surface area contributed by atoms with Crippen LogP contribution in [0.25, 0.3) is 0 Å². The number of nitrogens with one attached hydrogen (secondary N) is 1. The number of piperidine rings is 1. The van der Waals surface area contributed by atoms with Crippen LogP contribution in [-0.4, -0.2) is 40.8 Å². The molecule has 0 bridgehead atoms. The molecule has 0 aromatic carbocycles. The van der Waals surface area contributed by atoms with Crippen molar-refractivity contribution in [3.63, 3.8) is 0 Å². The molecule has 1 aliphatic rings. The van der Waals surface area contributed by atoms with Crippen LogP contribution in [0.3, 0.4) is 0 Å². The van der Waals surface area contributed by atoms with Gasteiger partial charge in [-0.25, -0.2) is 9.97 Å². The number of nitrogens with zero attached hydrogens (tertiary/aromatic N) is 3. The monoisotopic (exact) mass is 278 g/mol. The van der Waals surface area contributed by atoms with Gasteiger partial charge in [-0.3, -0.25) is 0 Å². The quantitative estimate of drug-likeness (QED) is 0.884. The van der Waals surface area contributed by atoms with Gasteiger partial charge in [-0.2, -0.15) is 0 Å². The first-order valence-electron chi connectivity index (χ1n) is 7.57. The maximum atomic E-state index is 10.1. The highest BCUT2D eigenvalue weighted by molar-refractivity contribution is 5.50. The lowest BCUT2D eigenvalue weighted by atomic mass is 9.96. The topological polar surface area (TPSA) is 61.3 Å². The van der Waals surface area contributed by atoms with Crippen molar-refractivity contribution >= 4 is 11.6 Å². The Morgan fingerprint density at radius 3 is 2.80 bits per heavy atom. The number of hydrogen-bond acceptors (Lipinski definition) is 5.